The van der Waals surface area contributed by atoms with Gasteiger partial charge in [0, 0.05) is 26.3 Å². The van der Waals surface area contributed by atoms with E-state index in [1.165, 1.54) is 16.6 Å². The average Bonchev–Trinajstić information content (AvgIpc) is 2.36. The first-order chi connectivity index (χ1) is 9.68. The van der Waals surface area contributed by atoms with Crippen LogP contribution in [0.1, 0.15) is 27.7 Å². The van der Waals surface area contributed by atoms with Gasteiger partial charge in [-0.05, 0) is 17.9 Å². The van der Waals surface area contributed by atoms with Gasteiger partial charge in [-0.3, -0.25) is 0 Å². The number of hydrogen-bond acceptors (Lipinski definition) is 4. The third-order valence-electron chi connectivity index (χ3n) is 2.83. The van der Waals surface area contributed by atoms with Crippen molar-refractivity contribution in [3.8, 4) is 0 Å². The highest BCUT2D eigenvalue weighted by Gasteiger charge is 2.26. The van der Waals surface area contributed by atoms with Crippen LogP contribution in [0.3, 0.4) is 0 Å². The predicted molar refractivity (Wildman–Crippen MR) is 87.2 cm³/mol. The van der Waals surface area contributed by atoms with E-state index in [1.54, 1.807) is 7.05 Å². The molecule has 1 rings (SSSR count). The quantitative estimate of drug-likeness (QED) is 0.833. The highest BCUT2D eigenvalue weighted by molar-refractivity contribution is 7.89. The molecule has 0 saturated carbocycles. The number of nitrogens with one attached hydrogen (secondary N) is 1. The van der Waals surface area contributed by atoms with Gasteiger partial charge in [-0.2, -0.15) is 4.31 Å². The molecule has 0 amide bonds. The van der Waals surface area contributed by atoms with E-state index in [0.29, 0.717) is 23.9 Å². The number of pyridine rings is 1. The Balaban J connectivity index is 3.18. The smallest absolute Gasteiger partial charge is 0.244 e. The van der Waals surface area contributed by atoms with Crippen LogP contribution in [0.5, 0.6) is 0 Å². The maximum absolute atomic E-state index is 12.8. The van der Waals surface area contributed by atoms with Crippen molar-refractivity contribution in [1.82, 2.24) is 9.29 Å². The summed E-state index contributed by atoms with van der Waals surface area (Å²) >= 11 is 6.04. The largest absolute Gasteiger partial charge is 0.372 e. The van der Waals surface area contributed by atoms with Crippen molar-refractivity contribution in [2.75, 3.05) is 25.5 Å². The van der Waals surface area contributed by atoms with Crippen molar-refractivity contribution < 1.29 is 8.42 Å². The van der Waals surface area contributed by atoms with Crippen LogP contribution in [-0.2, 0) is 10.0 Å². The van der Waals surface area contributed by atoms with Gasteiger partial charge in [0.15, 0.2) is 0 Å². The fourth-order valence-corrected chi connectivity index (χ4v) is 4.04. The number of aromatic nitrogens is 1. The Bertz CT molecular complexity index is 564. The van der Waals surface area contributed by atoms with Gasteiger partial charge in [0.05, 0.1) is 5.02 Å². The minimum atomic E-state index is -3.58. The summed E-state index contributed by atoms with van der Waals surface area (Å²) in [4.78, 5) is 4.19. The first kappa shape index (κ1) is 18.2. The Morgan fingerprint density at radius 2 is 1.76 bits per heavy atom. The molecule has 0 unspecified atom stereocenters. The van der Waals surface area contributed by atoms with Crippen LogP contribution in [0.15, 0.2) is 17.2 Å². The minimum Gasteiger partial charge on any atom is -0.372 e. The van der Waals surface area contributed by atoms with Crippen LogP contribution >= 0.6 is 11.6 Å². The zero-order valence-electron chi connectivity index (χ0n) is 13.2. The number of halogens is 1. The second-order valence-electron chi connectivity index (χ2n) is 5.86. The molecule has 1 aromatic rings. The molecule has 0 radical (unpaired) electrons. The van der Waals surface area contributed by atoms with Gasteiger partial charge in [-0.1, -0.05) is 39.3 Å². The summed E-state index contributed by atoms with van der Waals surface area (Å²) in [6, 6.07) is 1.45. The molecule has 0 fully saturated rings. The molecule has 5 nitrogen and oxygen atoms in total. The van der Waals surface area contributed by atoms with Crippen molar-refractivity contribution in [3.63, 3.8) is 0 Å². The molecule has 1 aromatic heterocycles. The molecular formula is C14H24ClN3O2S. The van der Waals surface area contributed by atoms with Crippen molar-refractivity contribution in [2.24, 2.45) is 11.8 Å². The summed E-state index contributed by atoms with van der Waals surface area (Å²) in [7, 11) is -1.89. The van der Waals surface area contributed by atoms with E-state index in [9.17, 15) is 8.42 Å². The lowest BCUT2D eigenvalue weighted by Gasteiger charge is -2.25. The highest BCUT2D eigenvalue weighted by atomic mass is 35.5. The summed E-state index contributed by atoms with van der Waals surface area (Å²) in [6.45, 7) is 8.95. The number of sulfonamides is 1. The molecule has 0 aliphatic rings. The zero-order valence-corrected chi connectivity index (χ0v) is 14.8. The van der Waals surface area contributed by atoms with Crippen molar-refractivity contribution >= 4 is 27.4 Å². The Kier molecular flexibility index (Phi) is 6.43. The Morgan fingerprint density at radius 3 is 2.14 bits per heavy atom. The minimum absolute atomic E-state index is 0.132. The normalized spacial score (nSPS) is 12.4. The fourth-order valence-electron chi connectivity index (χ4n) is 1.98. The molecular weight excluding hydrogens is 310 g/mol. The van der Waals surface area contributed by atoms with Crippen molar-refractivity contribution in [3.05, 3.63) is 17.3 Å². The monoisotopic (exact) mass is 333 g/mol. The predicted octanol–water partition coefficient (Wildman–Crippen LogP) is 3.08. The van der Waals surface area contributed by atoms with E-state index in [2.05, 4.69) is 10.3 Å². The molecule has 7 heteroatoms. The van der Waals surface area contributed by atoms with E-state index < -0.39 is 10.0 Å². The summed E-state index contributed by atoms with van der Waals surface area (Å²) in [6.07, 6.45) is 1.35. The van der Waals surface area contributed by atoms with Gasteiger partial charge in [-0.25, -0.2) is 13.4 Å². The van der Waals surface area contributed by atoms with Gasteiger partial charge < -0.3 is 5.32 Å². The summed E-state index contributed by atoms with van der Waals surface area (Å²) < 4.78 is 27.0. The zero-order chi connectivity index (χ0) is 16.2. The molecule has 0 aliphatic heterocycles. The van der Waals surface area contributed by atoms with Crippen molar-refractivity contribution in [2.45, 2.75) is 32.6 Å². The number of anilines is 1. The Morgan fingerprint density at radius 1 is 1.24 bits per heavy atom. The molecule has 0 aliphatic carbocycles. The van der Waals surface area contributed by atoms with E-state index in [1.807, 2.05) is 27.7 Å². The SMILES string of the molecule is CNc1ncc(S(=O)(=O)N(CC(C)C)CC(C)C)cc1Cl. The fraction of sp³-hybridized carbons (Fsp3) is 0.643. The highest BCUT2D eigenvalue weighted by Crippen LogP contribution is 2.25. The second-order valence-corrected chi connectivity index (χ2v) is 8.21. The van der Waals surface area contributed by atoms with Crippen LogP contribution in [0.25, 0.3) is 0 Å². The molecule has 0 aromatic carbocycles. The van der Waals surface area contributed by atoms with Crippen molar-refractivity contribution in [1.29, 1.82) is 0 Å². The first-order valence-electron chi connectivity index (χ1n) is 7.02. The van der Waals surface area contributed by atoms with Crippen LogP contribution in [0, 0.1) is 11.8 Å². The van der Waals surface area contributed by atoms with Gasteiger partial charge in [0.1, 0.15) is 10.7 Å². The summed E-state index contributed by atoms with van der Waals surface area (Å²) in [5, 5.41) is 3.11. The Labute approximate surface area is 132 Å². The van der Waals surface area contributed by atoms with Crippen LogP contribution in [0.2, 0.25) is 5.02 Å². The molecule has 0 bridgehead atoms. The van der Waals surface area contributed by atoms with Gasteiger partial charge >= 0.3 is 0 Å². The lowest BCUT2D eigenvalue weighted by Crippen LogP contribution is -2.37. The van der Waals surface area contributed by atoms with Gasteiger partial charge in [0.2, 0.25) is 10.0 Å². The van der Waals surface area contributed by atoms with Gasteiger partial charge in [0.25, 0.3) is 0 Å². The standard InChI is InChI=1S/C14H24ClN3O2S/c1-10(2)8-18(9-11(3)4)21(19,20)12-6-13(15)14(16-5)17-7-12/h6-7,10-11H,8-9H2,1-5H3,(H,16,17). The summed E-state index contributed by atoms with van der Waals surface area (Å²) in [5.74, 6) is 0.965. The lowest BCUT2D eigenvalue weighted by molar-refractivity contribution is 0.333. The lowest BCUT2D eigenvalue weighted by atomic mass is 10.2. The maximum atomic E-state index is 12.8. The molecule has 0 atom stereocenters. The molecule has 120 valence electrons. The maximum Gasteiger partial charge on any atom is 0.244 e. The van der Waals surface area contributed by atoms with E-state index in [-0.39, 0.29) is 16.7 Å². The molecule has 21 heavy (non-hydrogen) atoms. The van der Waals surface area contributed by atoms with Crippen LogP contribution in [-0.4, -0.2) is 37.8 Å². The topological polar surface area (TPSA) is 62.3 Å². The first-order valence-corrected chi connectivity index (χ1v) is 8.83. The summed E-state index contributed by atoms with van der Waals surface area (Å²) in [5.41, 5.74) is 0. The second kappa shape index (κ2) is 7.42. The number of rotatable bonds is 7. The van der Waals surface area contributed by atoms with E-state index in [0.717, 1.165) is 0 Å². The van der Waals surface area contributed by atoms with E-state index in [4.69, 9.17) is 11.6 Å². The average molecular weight is 334 g/mol. The number of hydrogen-bond donors (Lipinski definition) is 1. The van der Waals surface area contributed by atoms with Gasteiger partial charge in [-0.15, -0.1) is 0 Å². The Hall–Kier alpha value is -0.850. The van der Waals surface area contributed by atoms with E-state index >= 15 is 0 Å². The molecule has 0 spiro atoms. The molecule has 0 saturated heterocycles. The van der Waals surface area contributed by atoms with Crippen LogP contribution < -0.4 is 5.32 Å². The molecule has 1 N–H and O–H groups in total. The number of nitrogens with zero attached hydrogens (tertiary/aromatic N) is 2. The third-order valence-corrected chi connectivity index (χ3v) is 4.91. The third kappa shape index (κ3) is 4.83. The van der Waals surface area contributed by atoms with Crippen LogP contribution in [0.4, 0.5) is 5.82 Å². The molecule has 1 heterocycles.